The summed E-state index contributed by atoms with van der Waals surface area (Å²) in [6, 6.07) is 2.61. The molecule has 0 radical (unpaired) electrons. The minimum absolute atomic E-state index is 0.406. The fourth-order valence-electron chi connectivity index (χ4n) is 1.59. The molecule has 0 amide bonds. The summed E-state index contributed by atoms with van der Waals surface area (Å²) >= 11 is 0. The summed E-state index contributed by atoms with van der Waals surface area (Å²) in [5.74, 6) is 0.406. The predicted molar refractivity (Wildman–Crippen MR) is 51.6 cm³/mol. The second-order valence-electron chi connectivity index (χ2n) is 3.65. The van der Waals surface area contributed by atoms with Gasteiger partial charge < -0.3 is 11.1 Å². The number of aromatic nitrogens is 2. The van der Waals surface area contributed by atoms with Crippen molar-refractivity contribution in [2.45, 2.75) is 18.9 Å². The van der Waals surface area contributed by atoms with E-state index in [-0.39, 0.29) is 0 Å². The summed E-state index contributed by atoms with van der Waals surface area (Å²) in [5, 5.41) is 7.57. The lowest BCUT2D eigenvalue weighted by Gasteiger charge is -2.29. The van der Waals surface area contributed by atoms with Crippen LogP contribution in [-0.2, 0) is 0 Å². The van der Waals surface area contributed by atoms with Crippen LogP contribution in [0.3, 0.4) is 0 Å². The molecule has 1 aliphatic heterocycles. The van der Waals surface area contributed by atoms with E-state index in [1.54, 1.807) is 0 Å². The van der Waals surface area contributed by atoms with Crippen molar-refractivity contribution in [2.75, 3.05) is 19.6 Å². The number of hydrogen-bond donors (Lipinski definition) is 2. The minimum Gasteiger partial charge on any atom is -0.330 e. The molecule has 1 aromatic heterocycles. The summed E-state index contributed by atoms with van der Waals surface area (Å²) in [4.78, 5) is 0. The number of nitrogens with zero attached hydrogens (tertiary/aromatic N) is 2. The Morgan fingerprint density at radius 2 is 2.54 bits per heavy atom. The zero-order valence-electron chi connectivity index (χ0n) is 7.90. The van der Waals surface area contributed by atoms with E-state index in [0.29, 0.717) is 18.5 Å². The summed E-state index contributed by atoms with van der Waals surface area (Å²) in [6.45, 7) is 4.89. The fourth-order valence-corrected chi connectivity index (χ4v) is 1.59. The molecule has 3 N–H and O–H groups in total. The first-order valence-electron chi connectivity index (χ1n) is 4.77. The molecule has 1 saturated heterocycles. The highest BCUT2D eigenvalue weighted by atomic mass is 15.3. The van der Waals surface area contributed by atoms with E-state index >= 15 is 0 Å². The van der Waals surface area contributed by atoms with E-state index < -0.39 is 0 Å². The number of nitrogens with two attached hydrogens (primary N) is 1. The predicted octanol–water partition coefficient (Wildman–Crippen LogP) is 0.0896. The van der Waals surface area contributed by atoms with Gasteiger partial charge in [0.1, 0.15) is 0 Å². The minimum atomic E-state index is 0.406. The molecule has 4 heteroatoms. The van der Waals surface area contributed by atoms with Gasteiger partial charge in [0.2, 0.25) is 0 Å². The van der Waals surface area contributed by atoms with Gasteiger partial charge in [-0.05, 0) is 6.07 Å². The van der Waals surface area contributed by atoms with Gasteiger partial charge >= 0.3 is 0 Å². The monoisotopic (exact) mass is 180 g/mol. The lowest BCUT2D eigenvalue weighted by molar-refractivity contribution is 0.307. The Balaban J connectivity index is 2.19. The summed E-state index contributed by atoms with van der Waals surface area (Å²) in [7, 11) is 0. The first-order valence-corrected chi connectivity index (χ1v) is 4.77. The van der Waals surface area contributed by atoms with Crippen LogP contribution in [-0.4, -0.2) is 29.4 Å². The van der Waals surface area contributed by atoms with Gasteiger partial charge in [0.15, 0.2) is 0 Å². The summed E-state index contributed by atoms with van der Waals surface area (Å²) in [6.07, 6.45) is 1.86. The standard InChI is InChI=1S/C9H16N4/c1-7(4-10)9-2-3-12-13(9)8-5-11-6-8/h2-3,7-8,11H,4-6,10H2,1H3. The van der Waals surface area contributed by atoms with E-state index in [1.165, 1.54) is 5.69 Å². The van der Waals surface area contributed by atoms with Crippen LogP contribution < -0.4 is 11.1 Å². The maximum absolute atomic E-state index is 5.64. The smallest absolute Gasteiger partial charge is 0.0771 e. The lowest BCUT2D eigenvalue weighted by atomic mass is 10.1. The third-order valence-electron chi connectivity index (χ3n) is 2.67. The highest BCUT2D eigenvalue weighted by molar-refractivity contribution is 5.09. The van der Waals surface area contributed by atoms with Crippen molar-refractivity contribution in [3.63, 3.8) is 0 Å². The highest BCUT2D eigenvalue weighted by Gasteiger charge is 2.22. The fraction of sp³-hybridized carbons (Fsp3) is 0.667. The molecular weight excluding hydrogens is 164 g/mol. The third-order valence-corrected chi connectivity index (χ3v) is 2.67. The zero-order chi connectivity index (χ0) is 9.26. The van der Waals surface area contributed by atoms with E-state index in [4.69, 9.17) is 5.73 Å². The van der Waals surface area contributed by atoms with Gasteiger partial charge in [-0.3, -0.25) is 4.68 Å². The van der Waals surface area contributed by atoms with Crippen molar-refractivity contribution in [3.05, 3.63) is 18.0 Å². The van der Waals surface area contributed by atoms with Crippen molar-refractivity contribution in [2.24, 2.45) is 5.73 Å². The van der Waals surface area contributed by atoms with Crippen LogP contribution in [0.1, 0.15) is 24.6 Å². The molecule has 72 valence electrons. The molecule has 2 heterocycles. The molecule has 13 heavy (non-hydrogen) atoms. The van der Waals surface area contributed by atoms with E-state index in [9.17, 15) is 0 Å². The Morgan fingerprint density at radius 3 is 3.08 bits per heavy atom. The van der Waals surface area contributed by atoms with Crippen LogP contribution in [0, 0.1) is 0 Å². The molecule has 1 aliphatic rings. The van der Waals surface area contributed by atoms with Crippen molar-refractivity contribution in [1.29, 1.82) is 0 Å². The lowest BCUT2D eigenvalue weighted by Crippen LogP contribution is -2.44. The van der Waals surface area contributed by atoms with Gasteiger partial charge in [-0.15, -0.1) is 0 Å². The number of rotatable bonds is 3. The number of hydrogen-bond acceptors (Lipinski definition) is 3. The normalized spacial score (nSPS) is 19.8. The zero-order valence-corrected chi connectivity index (χ0v) is 7.90. The second-order valence-corrected chi connectivity index (χ2v) is 3.65. The van der Waals surface area contributed by atoms with Crippen molar-refractivity contribution < 1.29 is 0 Å². The molecule has 1 unspecified atom stereocenters. The molecule has 0 saturated carbocycles. The Kier molecular flexibility index (Phi) is 2.33. The average Bonchev–Trinajstić information content (AvgIpc) is 2.49. The van der Waals surface area contributed by atoms with Crippen LogP contribution in [0.4, 0.5) is 0 Å². The molecule has 0 bridgehead atoms. The van der Waals surface area contributed by atoms with Gasteiger partial charge in [0.05, 0.1) is 6.04 Å². The molecule has 1 fully saturated rings. The maximum Gasteiger partial charge on any atom is 0.0771 e. The van der Waals surface area contributed by atoms with Gasteiger partial charge in [-0.25, -0.2) is 0 Å². The molecule has 0 aromatic carbocycles. The van der Waals surface area contributed by atoms with E-state index in [2.05, 4.69) is 28.1 Å². The molecule has 1 atom stereocenters. The Labute approximate surface area is 78.1 Å². The quantitative estimate of drug-likeness (QED) is 0.693. The molecule has 0 spiro atoms. The SMILES string of the molecule is CC(CN)c1ccnn1C1CNC1. The Bertz CT molecular complexity index is 258. The van der Waals surface area contributed by atoms with Gasteiger partial charge in [-0.1, -0.05) is 6.92 Å². The van der Waals surface area contributed by atoms with Crippen LogP contribution in [0.25, 0.3) is 0 Å². The van der Waals surface area contributed by atoms with Gasteiger partial charge in [-0.2, -0.15) is 5.10 Å². The van der Waals surface area contributed by atoms with E-state index in [0.717, 1.165) is 13.1 Å². The number of nitrogens with one attached hydrogen (secondary N) is 1. The average molecular weight is 180 g/mol. The largest absolute Gasteiger partial charge is 0.330 e. The molecule has 4 nitrogen and oxygen atoms in total. The first kappa shape index (κ1) is 8.72. The van der Waals surface area contributed by atoms with Crippen molar-refractivity contribution in [3.8, 4) is 0 Å². The van der Waals surface area contributed by atoms with E-state index in [1.807, 2.05) is 6.20 Å². The van der Waals surface area contributed by atoms with Gasteiger partial charge in [0, 0.05) is 37.4 Å². The third kappa shape index (κ3) is 1.47. The molecule has 2 rings (SSSR count). The molecule has 1 aromatic rings. The van der Waals surface area contributed by atoms with Crippen molar-refractivity contribution in [1.82, 2.24) is 15.1 Å². The first-order chi connectivity index (χ1) is 6.33. The summed E-state index contributed by atoms with van der Waals surface area (Å²) in [5.41, 5.74) is 6.89. The van der Waals surface area contributed by atoms with Crippen LogP contribution in [0.15, 0.2) is 12.3 Å². The van der Waals surface area contributed by atoms with Gasteiger partial charge in [0.25, 0.3) is 0 Å². The second kappa shape index (κ2) is 3.47. The molecule has 0 aliphatic carbocycles. The summed E-state index contributed by atoms with van der Waals surface area (Å²) < 4.78 is 2.11. The van der Waals surface area contributed by atoms with Crippen LogP contribution in [0.5, 0.6) is 0 Å². The van der Waals surface area contributed by atoms with Crippen LogP contribution >= 0.6 is 0 Å². The van der Waals surface area contributed by atoms with Crippen LogP contribution in [0.2, 0.25) is 0 Å². The Morgan fingerprint density at radius 1 is 1.77 bits per heavy atom. The maximum atomic E-state index is 5.64. The van der Waals surface area contributed by atoms with Crippen molar-refractivity contribution >= 4 is 0 Å². The molecular formula is C9H16N4. The highest BCUT2D eigenvalue weighted by Crippen LogP contribution is 2.19. The Hall–Kier alpha value is -0.870. The topological polar surface area (TPSA) is 55.9 Å².